The Bertz CT molecular complexity index is 56.9. The molecule has 0 aliphatic carbocycles. The third kappa shape index (κ3) is 11.4. The van der Waals surface area contributed by atoms with Gasteiger partial charge in [-0.3, -0.25) is 0 Å². The summed E-state index contributed by atoms with van der Waals surface area (Å²) in [7, 11) is 0. The molecule has 0 unspecified atom stereocenters. The van der Waals surface area contributed by atoms with E-state index in [4.69, 9.17) is 0 Å². The van der Waals surface area contributed by atoms with Gasteiger partial charge in [-0.2, -0.15) is 0 Å². The van der Waals surface area contributed by atoms with Gasteiger partial charge < -0.3 is 29.6 Å². The molecular formula is C3H4KOS2. The van der Waals surface area contributed by atoms with E-state index in [0.717, 1.165) is 0 Å². The normalized spacial score (nSPS) is 6.43. The zero-order chi connectivity index (χ0) is 4.99. The molecule has 35 valence electrons. The standard InChI is InChI=1S/C3H5OS2.K/c1-2-4-3(5)6;/h1-2H2,(H,5,6);/q;+1/p-1. The third-order valence-electron chi connectivity index (χ3n) is 0.220. The molecule has 0 aliphatic rings. The van der Waals surface area contributed by atoms with Gasteiger partial charge in [-0.1, -0.05) is 0 Å². The predicted octanol–water partition coefficient (Wildman–Crippen LogP) is -2.33. The van der Waals surface area contributed by atoms with Crippen LogP contribution in [0.3, 0.4) is 0 Å². The second kappa shape index (κ2) is 7.75. The van der Waals surface area contributed by atoms with E-state index >= 15 is 0 Å². The number of ether oxygens (including phenoxy) is 1. The maximum Gasteiger partial charge on any atom is 1.00 e. The average Bonchev–Trinajstić information content (AvgIpc) is 1.35. The average molecular weight is 159 g/mol. The minimum Gasteiger partial charge on any atom is -0.514 e. The second-order valence-corrected chi connectivity index (χ2v) is 1.60. The van der Waals surface area contributed by atoms with Gasteiger partial charge >= 0.3 is 51.4 Å². The first kappa shape index (κ1) is 11.5. The monoisotopic (exact) mass is 159 g/mol. The number of hydrogen-bond donors (Lipinski definition) is 0. The van der Waals surface area contributed by atoms with E-state index in [0.29, 0.717) is 6.61 Å². The van der Waals surface area contributed by atoms with Crippen molar-refractivity contribution in [3.8, 4) is 0 Å². The summed E-state index contributed by atoms with van der Waals surface area (Å²) < 4.78 is 4.62. The molecule has 0 saturated heterocycles. The largest absolute Gasteiger partial charge is 1.00 e. The maximum absolute atomic E-state index is 4.48. The first-order valence-corrected chi connectivity index (χ1v) is 2.22. The molecule has 1 nitrogen and oxygen atoms in total. The summed E-state index contributed by atoms with van der Waals surface area (Å²) in [5.41, 5.74) is 0. The SMILES string of the molecule is [CH2]COC(=S)[S-].[K+]. The van der Waals surface area contributed by atoms with Crippen molar-refractivity contribution in [2.24, 2.45) is 0 Å². The van der Waals surface area contributed by atoms with Crippen LogP contribution in [-0.4, -0.2) is 11.0 Å². The van der Waals surface area contributed by atoms with Crippen molar-refractivity contribution >= 4 is 29.2 Å². The van der Waals surface area contributed by atoms with Crippen LogP contribution in [0.25, 0.3) is 0 Å². The Morgan fingerprint density at radius 1 is 1.86 bits per heavy atom. The molecule has 0 saturated carbocycles. The van der Waals surface area contributed by atoms with Gasteiger partial charge in [0, 0.05) is 4.38 Å². The molecule has 0 spiro atoms. The molecule has 0 fully saturated rings. The third-order valence-corrected chi connectivity index (χ3v) is 0.456. The summed E-state index contributed by atoms with van der Waals surface area (Å²) >= 11 is 8.69. The van der Waals surface area contributed by atoms with Gasteiger partial charge in [-0.05, 0) is 6.92 Å². The van der Waals surface area contributed by atoms with Crippen LogP contribution < -0.4 is 51.4 Å². The topological polar surface area (TPSA) is 9.23 Å². The number of thiocarbonyl (C=S) groups is 1. The molecule has 0 N–H and O–H groups in total. The number of hydrogen-bond acceptors (Lipinski definition) is 3. The molecule has 0 aliphatic heterocycles. The molecule has 0 amide bonds. The quantitative estimate of drug-likeness (QED) is 0.241. The van der Waals surface area contributed by atoms with E-state index < -0.39 is 0 Å². The molecule has 1 radical (unpaired) electrons. The van der Waals surface area contributed by atoms with Crippen molar-refractivity contribution in [3.05, 3.63) is 6.92 Å². The van der Waals surface area contributed by atoms with Crippen LogP contribution in [-0.2, 0) is 17.4 Å². The van der Waals surface area contributed by atoms with E-state index in [-0.39, 0.29) is 55.8 Å². The summed E-state index contributed by atoms with van der Waals surface area (Å²) in [5.74, 6) is 0. The fraction of sp³-hybridized carbons (Fsp3) is 0.333. The Labute approximate surface area is 97.0 Å². The minimum atomic E-state index is 0. The molecule has 0 aromatic heterocycles. The molecule has 7 heavy (non-hydrogen) atoms. The van der Waals surface area contributed by atoms with Gasteiger partial charge in [-0.25, -0.2) is 0 Å². The van der Waals surface area contributed by atoms with Crippen LogP contribution in [0.15, 0.2) is 0 Å². The van der Waals surface area contributed by atoms with Crippen molar-refractivity contribution in [1.29, 1.82) is 0 Å². The van der Waals surface area contributed by atoms with Crippen LogP contribution >= 0.6 is 12.2 Å². The summed E-state index contributed by atoms with van der Waals surface area (Å²) in [6, 6.07) is 0. The van der Waals surface area contributed by atoms with Crippen LogP contribution in [0.5, 0.6) is 0 Å². The molecular weight excluding hydrogens is 155 g/mol. The Morgan fingerprint density at radius 3 is 2.29 bits per heavy atom. The van der Waals surface area contributed by atoms with Crippen molar-refractivity contribution < 1.29 is 56.1 Å². The first-order chi connectivity index (χ1) is 2.77. The summed E-state index contributed by atoms with van der Waals surface area (Å²) in [6.45, 7) is 3.69. The molecule has 0 rings (SSSR count). The van der Waals surface area contributed by atoms with Gasteiger partial charge in [0.1, 0.15) is 0 Å². The Morgan fingerprint density at radius 2 is 2.29 bits per heavy atom. The van der Waals surface area contributed by atoms with E-state index in [9.17, 15) is 0 Å². The van der Waals surface area contributed by atoms with Crippen molar-refractivity contribution in [3.63, 3.8) is 0 Å². The van der Waals surface area contributed by atoms with Crippen LogP contribution in [0.4, 0.5) is 0 Å². The fourth-order valence-corrected chi connectivity index (χ4v) is 0.250. The van der Waals surface area contributed by atoms with Crippen LogP contribution in [0.1, 0.15) is 0 Å². The van der Waals surface area contributed by atoms with Crippen molar-refractivity contribution in [2.45, 2.75) is 0 Å². The van der Waals surface area contributed by atoms with Crippen molar-refractivity contribution in [1.82, 2.24) is 0 Å². The smallest absolute Gasteiger partial charge is 0.514 e. The number of rotatable bonds is 1. The van der Waals surface area contributed by atoms with Crippen molar-refractivity contribution in [2.75, 3.05) is 6.61 Å². The molecule has 0 aromatic rings. The molecule has 0 heterocycles. The zero-order valence-corrected chi connectivity index (χ0v) is 8.90. The van der Waals surface area contributed by atoms with Crippen LogP contribution in [0.2, 0.25) is 0 Å². The zero-order valence-electron chi connectivity index (χ0n) is 4.14. The Hall–Kier alpha value is 1.75. The molecule has 4 heteroatoms. The van der Waals surface area contributed by atoms with E-state index in [1.807, 2.05) is 0 Å². The predicted molar refractivity (Wildman–Crippen MR) is 31.3 cm³/mol. The molecule has 0 bridgehead atoms. The molecule has 0 atom stereocenters. The fourth-order valence-electron chi connectivity index (χ4n) is 0.0833. The van der Waals surface area contributed by atoms with Gasteiger partial charge in [0.2, 0.25) is 0 Å². The summed E-state index contributed by atoms with van der Waals surface area (Å²) in [5, 5.41) is 0. The minimum absolute atomic E-state index is 0. The van der Waals surface area contributed by atoms with E-state index in [2.05, 4.69) is 36.5 Å². The first-order valence-electron chi connectivity index (χ1n) is 1.40. The van der Waals surface area contributed by atoms with Crippen LogP contribution in [0, 0.1) is 6.92 Å². The summed E-state index contributed by atoms with van der Waals surface area (Å²) in [6.07, 6.45) is 0. The van der Waals surface area contributed by atoms with Gasteiger partial charge in [0.15, 0.2) is 0 Å². The van der Waals surface area contributed by atoms with Gasteiger partial charge in [0.05, 0.1) is 6.61 Å². The maximum atomic E-state index is 4.48. The second-order valence-electron chi connectivity index (χ2n) is 0.598. The van der Waals surface area contributed by atoms with Gasteiger partial charge in [0.25, 0.3) is 0 Å². The van der Waals surface area contributed by atoms with E-state index in [1.54, 1.807) is 0 Å². The van der Waals surface area contributed by atoms with Gasteiger partial charge in [-0.15, -0.1) is 0 Å². The Kier molecular flexibility index (Phi) is 12.8. The van der Waals surface area contributed by atoms with E-state index in [1.165, 1.54) is 0 Å². The Balaban J connectivity index is 0. The molecule has 0 aromatic carbocycles. The summed E-state index contributed by atoms with van der Waals surface area (Å²) in [4.78, 5) is 0.